The molecule has 262 valence electrons. The van der Waals surface area contributed by atoms with Crippen LogP contribution >= 0.6 is 0 Å². The fourth-order valence-corrected chi connectivity index (χ4v) is 5.14. The van der Waals surface area contributed by atoms with E-state index in [1.165, 1.54) is 61.6 Å². The molecule has 1 saturated heterocycles. The Bertz CT molecular complexity index is 1130. The van der Waals surface area contributed by atoms with E-state index in [2.05, 4.69) is 16.0 Å². The predicted octanol–water partition coefficient (Wildman–Crippen LogP) is 0.203. The highest BCUT2D eigenvalue weighted by Crippen LogP contribution is 2.16. The summed E-state index contributed by atoms with van der Waals surface area (Å²) in [6.07, 6.45) is 1.13. The van der Waals surface area contributed by atoms with Crippen LogP contribution in [0, 0.1) is 17.8 Å². The highest BCUT2D eigenvalue weighted by molar-refractivity contribution is 5.97. The maximum atomic E-state index is 13.8. The van der Waals surface area contributed by atoms with Gasteiger partial charge in [-0.05, 0) is 44.4 Å². The summed E-state index contributed by atoms with van der Waals surface area (Å²) in [5, 5.41) is 8.03. The van der Waals surface area contributed by atoms with Crippen molar-refractivity contribution in [3.63, 3.8) is 0 Å². The highest BCUT2D eigenvalue weighted by Gasteiger charge is 2.37. The van der Waals surface area contributed by atoms with E-state index in [0.717, 1.165) is 0 Å². The molecule has 0 spiro atoms. The number of amides is 7. The lowest BCUT2D eigenvalue weighted by Crippen LogP contribution is -2.58. The number of likely N-dealkylation sites (N-methyl/N-ethyl adjacent to an activating group) is 4. The van der Waals surface area contributed by atoms with Crippen LogP contribution in [0.5, 0.6) is 0 Å². The number of carbonyl (C=O) groups excluding carboxylic acids is 7. The van der Waals surface area contributed by atoms with E-state index < -0.39 is 78.1 Å². The molecule has 3 N–H and O–H groups in total. The predicted molar refractivity (Wildman–Crippen MR) is 174 cm³/mol. The van der Waals surface area contributed by atoms with Crippen molar-refractivity contribution in [1.29, 1.82) is 0 Å². The summed E-state index contributed by atoms with van der Waals surface area (Å²) in [5.41, 5.74) is 0. The molecule has 1 heterocycles. The largest absolute Gasteiger partial charge is 0.345 e. The second-order valence-electron chi connectivity index (χ2n) is 13.4. The van der Waals surface area contributed by atoms with Gasteiger partial charge in [0.15, 0.2) is 0 Å². The second-order valence-corrected chi connectivity index (χ2v) is 13.4. The van der Waals surface area contributed by atoms with Gasteiger partial charge in [0.1, 0.15) is 30.2 Å². The fraction of sp³-hybridized carbons (Fsp3) is 0.781. The molecule has 7 amide bonds. The third kappa shape index (κ3) is 11.0. The molecule has 0 aromatic carbocycles. The van der Waals surface area contributed by atoms with Crippen LogP contribution in [0.4, 0.5) is 0 Å². The standard InChI is InChI=1S/C32H57N7O7/c1-13-20(6)27-32(46)36(9)17-26(41)39(12)24(15-19(4)5)29(43)34-23(14-18(2)3)31(45)38(11)22(8)30(44)37(10)21(7)28(42)33-16-25(40)35-27/h18-24,27H,13-17H2,1-12H3,(H,33,42)(H,34,43)(H,35,40)/t20?,21?,22?,23-,24-,27?/m0/s1. The van der Waals surface area contributed by atoms with E-state index in [9.17, 15) is 33.6 Å². The number of hydrogen-bond donors (Lipinski definition) is 3. The quantitative estimate of drug-likeness (QED) is 0.369. The zero-order valence-corrected chi connectivity index (χ0v) is 29.8. The average molecular weight is 652 g/mol. The minimum absolute atomic E-state index is 0.00637. The van der Waals surface area contributed by atoms with E-state index in [4.69, 9.17) is 0 Å². The van der Waals surface area contributed by atoms with E-state index in [0.29, 0.717) is 12.8 Å². The number of nitrogens with zero attached hydrogens (tertiary/aromatic N) is 4. The Labute approximate surface area is 274 Å². The maximum absolute atomic E-state index is 13.8. The van der Waals surface area contributed by atoms with Crippen LogP contribution in [0.25, 0.3) is 0 Å². The number of hydrogen-bond acceptors (Lipinski definition) is 7. The lowest BCUT2D eigenvalue weighted by molar-refractivity contribution is -0.148. The minimum Gasteiger partial charge on any atom is -0.345 e. The Morgan fingerprint density at radius 3 is 1.76 bits per heavy atom. The molecule has 0 radical (unpaired) electrons. The van der Waals surface area contributed by atoms with Gasteiger partial charge in [0.05, 0.1) is 13.1 Å². The van der Waals surface area contributed by atoms with Crippen LogP contribution in [0.1, 0.15) is 74.7 Å². The van der Waals surface area contributed by atoms with Crippen LogP contribution in [-0.2, 0) is 33.6 Å². The fourth-order valence-electron chi connectivity index (χ4n) is 5.14. The Kier molecular flexibility index (Phi) is 15.6. The summed E-state index contributed by atoms with van der Waals surface area (Å²) in [6, 6.07) is -4.86. The summed E-state index contributed by atoms with van der Waals surface area (Å²) >= 11 is 0. The van der Waals surface area contributed by atoms with E-state index in [-0.39, 0.29) is 30.7 Å². The molecule has 1 fully saturated rings. The van der Waals surface area contributed by atoms with Gasteiger partial charge in [-0.15, -0.1) is 0 Å². The van der Waals surface area contributed by atoms with Crippen LogP contribution in [-0.4, -0.2) is 132 Å². The van der Waals surface area contributed by atoms with Crippen molar-refractivity contribution in [2.75, 3.05) is 41.3 Å². The monoisotopic (exact) mass is 651 g/mol. The molecular weight excluding hydrogens is 594 g/mol. The first kappa shape index (κ1) is 40.3. The van der Waals surface area contributed by atoms with Crippen molar-refractivity contribution in [2.45, 2.75) is 105 Å². The molecule has 1 rings (SSSR count). The first-order valence-electron chi connectivity index (χ1n) is 16.2. The molecule has 0 saturated carbocycles. The molecule has 4 unspecified atom stereocenters. The third-order valence-corrected chi connectivity index (χ3v) is 8.74. The summed E-state index contributed by atoms with van der Waals surface area (Å²) in [4.78, 5) is 98.7. The molecule has 46 heavy (non-hydrogen) atoms. The molecular formula is C32H57N7O7. The molecule has 14 heteroatoms. The van der Waals surface area contributed by atoms with E-state index in [1.54, 1.807) is 6.92 Å². The van der Waals surface area contributed by atoms with Gasteiger partial charge in [-0.25, -0.2) is 0 Å². The lowest BCUT2D eigenvalue weighted by Gasteiger charge is -2.35. The van der Waals surface area contributed by atoms with Crippen molar-refractivity contribution >= 4 is 41.4 Å². The van der Waals surface area contributed by atoms with Crippen LogP contribution in [0.2, 0.25) is 0 Å². The van der Waals surface area contributed by atoms with Crippen LogP contribution < -0.4 is 16.0 Å². The minimum atomic E-state index is -0.983. The van der Waals surface area contributed by atoms with Gasteiger partial charge >= 0.3 is 0 Å². The Hall–Kier alpha value is -3.71. The summed E-state index contributed by atoms with van der Waals surface area (Å²) in [7, 11) is 5.83. The molecule has 0 aliphatic carbocycles. The lowest BCUT2D eigenvalue weighted by atomic mass is 9.97. The molecule has 0 bridgehead atoms. The van der Waals surface area contributed by atoms with Crippen molar-refractivity contribution in [3.05, 3.63) is 0 Å². The number of carbonyl (C=O) groups is 7. The van der Waals surface area contributed by atoms with Gasteiger partial charge in [-0.1, -0.05) is 48.0 Å². The Balaban J connectivity index is 3.63. The zero-order chi connectivity index (χ0) is 35.6. The summed E-state index contributed by atoms with van der Waals surface area (Å²) in [6.45, 7) is 13.5. The van der Waals surface area contributed by atoms with Gasteiger partial charge < -0.3 is 35.6 Å². The van der Waals surface area contributed by atoms with Gasteiger partial charge in [0, 0.05) is 28.2 Å². The zero-order valence-electron chi connectivity index (χ0n) is 29.8. The van der Waals surface area contributed by atoms with E-state index in [1.807, 2.05) is 34.6 Å². The molecule has 0 aromatic heterocycles. The number of rotatable bonds is 6. The molecule has 0 aromatic rings. The summed E-state index contributed by atoms with van der Waals surface area (Å²) < 4.78 is 0. The van der Waals surface area contributed by atoms with Crippen molar-refractivity contribution in [1.82, 2.24) is 35.6 Å². The van der Waals surface area contributed by atoms with Gasteiger partial charge in [-0.2, -0.15) is 0 Å². The Morgan fingerprint density at radius 1 is 0.696 bits per heavy atom. The van der Waals surface area contributed by atoms with Gasteiger partial charge in [0.2, 0.25) is 41.4 Å². The topological polar surface area (TPSA) is 169 Å². The SMILES string of the molecule is CCC(C)C1NC(=O)CNC(=O)C(C)N(C)C(=O)C(C)N(C)C(=O)[C@H](CC(C)C)NC(=O)[C@H](CC(C)C)N(C)C(=O)CN(C)C1=O. The first-order valence-corrected chi connectivity index (χ1v) is 16.2. The molecule has 1 aliphatic heterocycles. The first-order chi connectivity index (χ1) is 21.2. The van der Waals surface area contributed by atoms with Gasteiger partial charge in [0.25, 0.3) is 0 Å². The average Bonchev–Trinajstić information content (AvgIpc) is 3.00. The number of nitrogens with one attached hydrogen (secondary N) is 3. The molecule has 14 nitrogen and oxygen atoms in total. The van der Waals surface area contributed by atoms with Crippen LogP contribution in [0.3, 0.4) is 0 Å². The normalized spacial score (nSPS) is 26.7. The summed E-state index contributed by atoms with van der Waals surface area (Å²) in [5.74, 6) is -4.01. The Morgan fingerprint density at radius 2 is 1.24 bits per heavy atom. The second kappa shape index (κ2) is 17.8. The smallest absolute Gasteiger partial charge is 0.245 e. The third-order valence-electron chi connectivity index (χ3n) is 8.74. The van der Waals surface area contributed by atoms with Crippen molar-refractivity contribution in [3.8, 4) is 0 Å². The highest BCUT2D eigenvalue weighted by atomic mass is 16.2. The molecule has 1 aliphatic rings. The van der Waals surface area contributed by atoms with Crippen molar-refractivity contribution in [2.24, 2.45) is 17.8 Å². The van der Waals surface area contributed by atoms with Gasteiger partial charge in [-0.3, -0.25) is 33.6 Å². The molecule has 6 atom stereocenters. The maximum Gasteiger partial charge on any atom is 0.245 e. The van der Waals surface area contributed by atoms with Crippen molar-refractivity contribution < 1.29 is 33.6 Å². The van der Waals surface area contributed by atoms with Crippen LogP contribution in [0.15, 0.2) is 0 Å². The van der Waals surface area contributed by atoms with E-state index >= 15 is 0 Å².